The number of nitrogens with zero attached hydrogens (tertiary/aromatic N) is 1. The molecule has 0 fully saturated rings. The van der Waals surface area contributed by atoms with Crippen LogP contribution in [0.1, 0.15) is 27.7 Å². The fourth-order valence-electron chi connectivity index (χ4n) is 1.46. The number of hydrogen-bond acceptors (Lipinski definition) is 4. The first kappa shape index (κ1) is 17.9. The van der Waals surface area contributed by atoms with Gasteiger partial charge in [-0.05, 0) is 20.8 Å². The molecule has 0 aliphatic heterocycles. The lowest BCUT2D eigenvalue weighted by molar-refractivity contribution is -0.140. The van der Waals surface area contributed by atoms with Crippen LogP contribution in [0.25, 0.3) is 0 Å². The number of hydrogen-bond donors (Lipinski definition) is 3. The zero-order chi connectivity index (χ0) is 16.0. The average molecular weight is 286 g/mol. The molecule has 0 unspecified atom stereocenters. The average Bonchev–Trinajstić information content (AvgIpc) is 2.34. The first-order chi connectivity index (χ1) is 9.07. The minimum absolute atomic E-state index is 0.342. The van der Waals surface area contributed by atoms with Gasteiger partial charge in [0.1, 0.15) is 18.1 Å². The first-order valence-electron chi connectivity index (χ1n) is 6.21. The van der Waals surface area contributed by atoms with Crippen LogP contribution in [-0.2, 0) is 19.2 Å². The van der Waals surface area contributed by atoms with Crippen LogP contribution in [0.15, 0.2) is 0 Å². The van der Waals surface area contributed by atoms with E-state index in [1.165, 1.54) is 34.7 Å². The second-order valence-electron chi connectivity index (χ2n) is 4.68. The number of likely N-dealkylation sites (N-methyl/N-ethyl adjacent to an activating group) is 1. The topological polar surface area (TPSA) is 122 Å². The quantitative estimate of drug-likeness (QED) is 0.541. The van der Waals surface area contributed by atoms with Gasteiger partial charge in [-0.25, -0.2) is 0 Å². The normalized spacial score (nSPS) is 14.7. The zero-order valence-electron chi connectivity index (χ0n) is 12.4. The molecule has 0 rings (SSSR count). The van der Waals surface area contributed by atoms with Crippen LogP contribution >= 0.6 is 0 Å². The van der Waals surface area contributed by atoms with Crippen molar-refractivity contribution >= 4 is 23.6 Å². The summed E-state index contributed by atoms with van der Waals surface area (Å²) in [6, 6.07) is -2.35. The Bertz CT molecular complexity index is 410. The third-order valence-electron chi connectivity index (χ3n) is 2.88. The fraction of sp³-hybridized carbons (Fsp3) is 0.667. The monoisotopic (exact) mass is 286 g/mol. The van der Waals surface area contributed by atoms with E-state index < -0.39 is 35.8 Å². The molecule has 4 N–H and O–H groups in total. The van der Waals surface area contributed by atoms with Crippen LogP contribution in [0.2, 0.25) is 0 Å². The molecule has 0 aromatic heterocycles. The van der Waals surface area contributed by atoms with Gasteiger partial charge in [0.05, 0.1) is 0 Å². The highest BCUT2D eigenvalue weighted by atomic mass is 16.2. The van der Waals surface area contributed by atoms with Crippen LogP contribution < -0.4 is 16.4 Å². The number of carbonyl (C=O) groups excluding carboxylic acids is 4. The van der Waals surface area contributed by atoms with Crippen LogP contribution in [0, 0.1) is 0 Å². The molecule has 8 nitrogen and oxygen atoms in total. The second-order valence-corrected chi connectivity index (χ2v) is 4.68. The van der Waals surface area contributed by atoms with E-state index in [1.807, 2.05) is 0 Å². The van der Waals surface area contributed by atoms with E-state index >= 15 is 0 Å². The molecular formula is C12H22N4O4. The van der Waals surface area contributed by atoms with Gasteiger partial charge in [-0.15, -0.1) is 0 Å². The molecule has 8 heteroatoms. The summed E-state index contributed by atoms with van der Waals surface area (Å²) in [5.41, 5.74) is 5.11. The summed E-state index contributed by atoms with van der Waals surface area (Å²) >= 11 is 0. The molecule has 0 saturated carbocycles. The Balaban J connectivity index is 4.57. The lowest BCUT2D eigenvalue weighted by atomic mass is 10.2. The van der Waals surface area contributed by atoms with Crippen molar-refractivity contribution in [1.82, 2.24) is 15.5 Å². The van der Waals surface area contributed by atoms with Crippen molar-refractivity contribution in [2.45, 2.75) is 45.8 Å². The SMILES string of the molecule is CC(=O)N[C@@H](C)C(=O)N[C@@H](C)C(=O)N(C)[C@@H](C)C(N)=O. The third-order valence-corrected chi connectivity index (χ3v) is 2.88. The van der Waals surface area contributed by atoms with Crippen LogP contribution in [-0.4, -0.2) is 53.7 Å². The van der Waals surface area contributed by atoms with E-state index in [0.717, 1.165) is 4.90 Å². The first-order valence-corrected chi connectivity index (χ1v) is 6.21. The van der Waals surface area contributed by atoms with E-state index in [9.17, 15) is 19.2 Å². The van der Waals surface area contributed by atoms with Gasteiger partial charge in [0.2, 0.25) is 23.6 Å². The molecule has 0 aliphatic carbocycles. The molecular weight excluding hydrogens is 264 g/mol. The van der Waals surface area contributed by atoms with Gasteiger partial charge in [-0.2, -0.15) is 0 Å². The lowest BCUT2D eigenvalue weighted by Crippen LogP contribution is -2.54. The molecule has 0 saturated heterocycles. The van der Waals surface area contributed by atoms with E-state index in [0.29, 0.717) is 0 Å². The summed E-state index contributed by atoms with van der Waals surface area (Å²) in [6.45, 7) is 5.78. The van der Waals surface area contributed by atoms with Crippen molar-refractivity contribution < 1.29 is 19.2 Å². The third kappa shape index (κ3) is 5.25. The molecule has 3 atom stereocenters. The van der Waals surface area contributed by atoms with Gasteiger partial charge < -0.3 is 21.3 Å². The second kappa shape index (κ2) is 7.46. The van der Waals surface area contributed by atoms with Gasteiger partial charge in [0.15, 0.2) is 0 Å². The van der Waals surface area contributed by atoms with E-state index in [2.05, 4.69) is 10.6 Å². The van der Waals surface area contributed by atoms with Crippen molar-refractivity contribution in [3.63, 3.8) is 0 Å². The van der Waals surface area contributed by atoms with E-state index in [4.69, 9.17) is 5.73 Å². The number of nitrogens with one attached hydrogen (secondary N) is 2. The lowest BCUT2D eigenvalue weighted by Gasteiger charge is -2.26. The predicted molar refractivity (Wildman–Crippen MR) is 72.3 cm³/mol. The fourth-order valence-corrected chi connectivity index (χ4v) is 1.46. The summed E-state index contributed by atoms with van der Waals surface area (Å²) in [4.78, 5) is 46.7. The number of nitrogens with two attached hydrogens (primary N) is 1. The molecule has 114 valence electrons. The minimum atomic E-state index is -0.828. The Hall–Kier alpha value is -2.12. The van der Waals surface area contributed by atoms with Crippen LogP contribution in [0.3, 0.4) is 0 Å². The molecule has 20 heavy (non-hydrogen) atoms. The van der Waals surface area contributed by atoms with Crippen molar-refractivity contribution in [3.05, 3.63) is 0 Å². The summed E-state index contributed by atoms with van der Waals surface area (Å²) in [5, 5.41) is 4.87. The van der Waals surface area contributed by atoms with Crippen LogP contribution in [0.5, 0.6) is 0 Å². The summed E-state index contributed by atoms with van der Waals surface area (Å²) in [6.07, 6.45) is 0. The Labute approximate surface area is 118 Å². The number of carbonyl (C=O) groups is 4. The molecule has 4 amide bonds. The molecule has 0 spiro atoms. The standard InChI is InChI=1S/C12H22N4O4/c1-6(14-9(4)17)11(19)15-7(2)12(20)16(5)8(3)10(13)18/h6-8H,1-5H3,(H2,13,18)(H,14,17)(H,15,19)/t6-,7-,8-/m0/s1. The number of rotatable bonds is 6. The molecule has 0 aromatic carbocycles. The number of primary amides is 1. The van der Waals surface area contributed by atoms with Crippen molar-refractivity contribution in [2.75, 3.05) is 7.05 Å². The highest BCUT2D eigenvalue weighted by Gasteiger charge is 2.26. The van der Waals surface area contributed by atoms with Crippen LogP contribution in [0.4, 0.5) is 0 Å². The Kier molecular flexibility index (Phi) is 6.67. The van der Waals surface area contributed by atoms with Gasteiger partial charge in [-0.3, -0.25) is 19.2 Å². The zero-order valence-corrected chi connectivity index (χ0v) is 12.4. The van der Waals surface area contributed by atoms with Gasteiger partial charge in [0.25, 0.3) is 0 Å². The Morgan fingerprint density at radius 3 is 1.90 bits per heavy atom. The highest BCUT2D eigenvalue weighted by molar-refractivity contribution is 5.93. The smallest absolute Gasteiger partial charge is 0.245 e. The molecule has 0 heterocycles. The minimum Gasteiger partial charge on any atom is -0.368 e. The predicted octanol–water partition coefficient (Wildman–Crippen LogP) is -1.65. The largest absolute Gasteiger partial charge is 0.368 e. The summed E-state index contributed by atoms with van der Waals surface area (Å²) < 4.78 is 0. The molecule has 0 bridgehead atoms. The van der Waals surface area contributed by atoms with Crippen molar-refractivity contribution in [2.24, 2.45) is 5.73 Å². The molecule has 0 radical (unpaired) electrons. The van der Waals surface area contributed by atoms with Gasteiger partial charge in [-0.1, -0.05) is 0 Å². The summed E-state index contributed by atoms with van der Waals surface area (Å²) in [5.74, 6) is -1.90. The Morgan fingerprint density at radius 2 is 1.50 bits per heavy atom. The Morgan fingerprint density at radius 1 is 1.00 bits per heavy atom. The maximum absolute atomic E-state index is 12.0. The van der Waals surface area contributed by atoms with Crippen molar-refractivity contribution in [1.29, 1.82) is 0 Å². The number of amides is 4. The maximum Gasteiger partial charge on any atom is 0.245 e. The molecule has 0 aromatic rings. The van der Waals surface area contributed by atoms with Crippen molar-refractivity contribution in [3.8, 4) is 0 Å². The maximum atomic E-state index is 12.0. The van der Waals surface area contributed by atoms with Gasteiger partial charge >= 0.3 is 0 Å². The highest BCUT2D eigenvalue weighted by Crippen LogP contribution is 1.99. The molecule has 0 aliphatic rings. The van der Waals surface area contributed by atoms with E-state index in [1.54, 1.807) is 0 Å². The summed E-state index contributed by atoms with van der Waals surface area (Å²) in [7, 11) is 1.43. The van der Waals surface area contributed by atoms with E-state index in [-0.39, 0.29) is 5.91 Å². The van der Waals surface area contributed by atoms with Gasteiger partial charge in [0, 0.05) is 14.0 Å².